The fraction of sp³-hybridized carbons (Fsp3) is 0.111. The first kappa shape index (κ1) is 23.8. The van der Waals surface area contributed by atoms with Gasteiger partial charge in [0.05, 0.1) is 19.3 Å². The molecule has 33 heavy (non-hydrogen) atoms. The minimum absolute atomic E-state index is 0.249. The number of alkyl carbamates (subject to hydrolysis) is 1. The fourth-order valence-electron chi connectivity index (χ4n) is 3.21. The van der Waals surface area contributed by atoms with Crippen molar-refractivity contribution in [3.63, 3.8) is 0 Å². The molecule has 0 spiro atoms. The highest BCUT2D eigenvalue weighted by Crippen LogP contribution is 2.32. The summed E-state index contributed by atoms with van der Waals surface area (Å²) in [6.07, 6.45) is 6.43. The minimum atomic E-state index is -0.583. The van der Waals surface area contributed by atoms with Gasteiger partial charge in [0.2, 0.25) is 0 Å². The summed E-state index contributed by atoms with van der Waals surface area (Å²) >= 11 is 6.17. The highest BCUT2D eigenvalue weighted by molar-refractivity contribution is 6.30. The first-order chi connectivity index (χ1) is 16.0. The summed E-state index contributed by atoms with van der Waals surface area (Å²) in [5.41, 5.74) is 4.86. The van der Waals surface area contributed by atoms with Gasteiger partial charge in [-0.2, -0.15) is 0 Å². The molecule has 5 nitrogen and oxygen atoms in total. The van der Waals surface area contributed by atoms with E-state index in [-0.39, 0.29) is 6.54 Å². The fourth-order valence-corrected chi connectivity index (χ4v) is 3.40. The summed E-state index contributed by atoms with van der Waals surface area (Å²) < 4.78 is 10.7. The molecular weight excluding hydrogens is 436 g/mol. The molecule has 0 aliphatic carbocycles. The highest BCUT2D eigenvalue weighted by atomic mass is 35.5. The van der Waals surface area contributed by atoms with Gasteiger partial charge in [0.25, 0.3) is 0 Å². The number of amides is 1. The van der Waals surface area contributed by atoms with E-state index in [2.05, 4.69) is 29.5 Å². The van der Waals surface area contributed by atoms with E-state index in [9.17, 15) is 4.79 Å². The lowest BCUT2D eigenvalue weighted by molar-refractivity contribution is 0.178. The first-order valence-electron chi connectivity index (χ1n) is 10.3. The van der Waals surface area contributed by atoms with E-state index in [0.29, 0.717) is 17.2 Å². The van der Waals surface area contributed by atoms with Crippen LogP contribution >= 0.6 is 11.6 Å². The van der Waals surface area contributed by atoms with Crippen molar-refractivity contribution in [1.82, 2.24) is 10.3 Å². The maximum Gasteiger partial charge on any atom is 0.412 e. The largest absolute Gasteiger partial charge is 0.496 e. The second-order valence-electron chi connectivity index (χ2n) is 7.13. The SMILES string of the molecule is C=C/C=C(\C=C)OC(=O)NCc1ccc(Cc2ccc(OC)c(-c3cccc(Cl)c3)c2)cn1. The highest BCUT2D eigenvalue weighted by Gasteiger charge is 2.09. The predicted octanol–water partition coefficient (Wildman–Crippen LogP) is 6.48. The van der Waals surface area contributed by atoms with Crippen LogP contribution in [-0.4, -0.2) is 18.2 Å². The summed E-state index contributed by atoms with van der Waals surface area (Å²) in [5.74, 6) is 1.11. The summed E-state index contributed by atoms with van der Waals surface area (Å²) in [7, 11) is 1.66. The van der Waals surface area contributed by atoms with Crippen molar-refractivity contribution in [2.45, 2.75) is 13.0 Å². The summed E-state index contributed by atoms with van der Waals surface area (Å²) in [6.45, 7) is 7.40. The third-order valence-corrected chi connectivity index (χ3v) is 5.04. The van der Waals surface area contributed by atoms with Gasteiger partial charge in [-0.25, -0.2) is 4.79 Å². The molecule has 168 valence electrons. The first-order valence-corrected chi connectivity index (χ1v) is 10.7. The van der Waals surface area contributed by atoms with Crippen LogP contribution in [0.5, 0.6) is 5.75 Å². The monoisotopic (exact) mass is 460 g/mol. The number of allylic oxidation sites excluding steroid dienone is 3. The van der Waals surface area contributed by atoms with Gasteiger partial charge in [-0.1, -0.05) is 55.1 Å². The molecule has 3 rings (SSSR count). The topological polar surface area (TPSA) is 60.5 Å². The molecule has 0 fully saturated rings. The lowest BCUT2D eigenvalue weighted by atomic mass is 9.98. The molecule has 0 saturated heterocycles. The number of hydrogen-bond acceptors (Lipinski definition) is 4. The van der Waals surface area contributed by atoms with Gasteiger partial charge in [-0.15, -0.1) is 0 Å². The maximum absolute atomic E-state index is 11.9. The van der Waals surface area contributed by atoms with Gasteiger partial charge >= 0.3 is 6.09 Å². The van der Waals surface area contributed by atoms with E-state index < -0.39 is 6.09 Å². The van der Waals surface area contributed by atoms with Gasteiger partial charge in [0, 0.05) is 16.8 Å². The van der Waals surface area contributed by atoms with Gasteiger partial charge in [-0.05, 0) is 65.6 Å². The van der Waals surface area contributed by atoms with Gasteiger partial charge in [-0.3, -0.25) is 4.98 Å². The molecule has 1 N–H and O–H groups in total. The Morgan fingerprint density at radius 3 is 2.61 bits per heavy atom. The van der Waals surface area contributed by atoms with Crippen LogP contribution in [0.3, 0.4) is 0 Å². The Labute approximate surface area is 199 Å². The molecule has 1 aromatic heterocycles. The molecule has 2 aromatic carbocycles. The van der Waals surface area contributed by atoms with Crippen LogP contribution in [0.2, 0.25) is 5.02 Å². The molecule has 1 heterocycles. The summed E-state index contributed by atoms with van der Waals surface area (Å²) in [4.78, 5) is 16.3. The lowest BCUT2D eigenvalue weighted by Crippen LogP contribution is -2.23. The van der Waals surface area contributed by atoms with Gasteiger partial charge < -0.3 is 14.8 Å². The van der Waals surface area contributed by atoms with Gasteiger partial charge in [0.1, 0.15) is 11.5 Å². The molecule has 1 amide bonds. The Hall–Kier alpha value is -3.83. The number of carbonyl (C=O) groups excluding carboxylic acids is 1. The third-order valence-electron chi connectivity index (χ3n) is 4.80. The molecule has 6 heteroatoms. The number of hydrogen-bond donors (Lipinski definition) is 1. The third kappa shape index (κ3) is 6.82. The standard InChI is InChI=1S/C27H25ClN2O3/c1-4-7-24(5-2)33-27(31)30-18-23-12-10-20(17-29-23)14-19-11-13-26(32-3)25(15-19)21-8-6-9-22(28)16-21/h4-13,15-17H,1-2,14,18H2,3H3,(H,30,31)/b24-7+. The van der Waals surface area contributed by atoms with E-state index in [4.69, 9.17) is 21.1 Å². The Morgan fingerprint density at radius 2 is 1.94 bits per heavy atom. The average Bonchev–Trinajstić information content (AvgIpc) is 2.83. The van der Waals surface area contributed by atoms with E-state index in [1.54, 1.807) is 19.4 Å². The number of rotatable bonds is 9. The zero-order chi connectivity index (χ0) is 23.6. The van der Waals surface area contributed by atoms with E-state index in [1.807, 2.05) is 48.5 Å². The second-order valence-corrected chi connectivity index (χ2v) is 7.57. The molecule has 0 radical (unpaired) electrons. The number of nitrogens with one attached hydrogen (secondary N) is 1. The van der Waals surface area contributed by atoms with E-state index in [0.717, 1.165) is 33.7 Å². The Balaban J connectivity index is 1.66. The number of halogens is 1. The van der Waals surface area contributed by atoms with E-state index in [1.165, 1.54) is 12.2 Å². The molecule has 0 saturated carbocycles. The molecular formula is C27H25ClN2O3. The van der Waals surface area contributed by atoms with Crippen LogP contribution < -0.4 is 10.1 Å². The Kier molecular flexibility index (Phi) is 8.44. The molecule has 0 atom stereocenters. The number of carbonyl (C=O) groups is 1. The zero-order valence-electron chi connectivity index (χ0n) is 18.4. The van der Waals surface area contributed by atoms with Crippen molar-refractivity contribution < 1.29 is 14.3 Å². The smallest absolute Gasteiger partial charge is 0.412 e. The van der Waals surface area contributed by atoms with Crippen molar-refractivity contribution in [2.24, 2.45) is 0 Å². The molecule has 3 aromatic rings. The van der Waals surface area contributed by atoms with Crippen LogP contribution in [0, 0.1) is 0 Å². The lowest BCUT2D eigenvalue weighted by Gasteiger charge is -2.12. The van der Waals surface area contributed by atoms with Crippen molar-refractivity contribution in [3.8, 4) is 16.9 Å². The van der Waals surface area contributed by atoms with Crippen LogP contribution in [0.4, 0.5) is 4.79 Å². The minimum Gasteiger partial charge on any atom is -0.496 e. The normalized spacial score (nSPS) is 10.9. The number of nitrogens with zero attached hydrogens (tertiary/aromatic N) is 1. The van der Waals surface area contributed by atoms with Crippen LogP contribution in [0.25, 0.3) is 11.1 Å². The predicted molar refractivity (Wildman–Crippen MR) is 132 cm³/mol. The maximum atomic E-state index is 11.9. The average molecular weight is 461 g/mol. The van der Waals surface area contributed by atoms with Gasteiger partial charge in [0.15, 0.2) is 0 Å². The van der Waals surface area contributed by atoms with Crippen LogP contribution in [0.15, 0.2) is 97.9 Å². The molecule has 0 bridgehead atoms. The van der Waals surface area contributed by atoms with Crippen molar-refractivity contribution in [3.05, 3.63) is 120 Å². The number of aromatic nitrogens is 1. The van der Waals surface area contributed by atoms with Crippen molar-refractivity contribution in [2.75, 3.05) is 7.11 Å². The van der Waals surface area contributed by atoms with Crippen molar-refractivity contribution >= 4 is 17.7 Å². The van der Waals surface area contributed by atoms with Crippen LogP contribution in [-0.2, 0) is 17.7 Å². The molecule has 0 aliphatic heterocycles. The quantitative estimate of drug-likeness (QED) is 0.293. The molecule has 0 aliphatic rings. The summed E-state index contributed by atoms with van der Waals surface area (Å²) in [6, 6.07) is 17.7. The number of methoxy groups -OCH3 is 1. The zero-order valence-corrected chi connectivity index (χ0v) is 19.1. The Morgan fingerprint density at radius 1 is 1.12 bits per heavy atom. The number of benzene rings is 2. The second kappa shape index (κ2) is 11.7. The summed E-state index contributed by atoms with van der Waals surface area (Å²) in [5, 5.41) is 3.34. The van der Waals surface area contributed by atoms with Crippen LogP contribution in [0.1, 0.15) is 16.8 Å². The van der Waals surface area contributed by atoms with Crippen molar-refractivity contribution in [1.29, 1.82) is 0 Å². The van der Waals surface area contributed by atoms with E-state index >= 15 is 0 Å². The molecule has 0 unspecified atom stereocenters. The number of pyridine rings is 1. The number of ether oxygens (including phenoxy) is 2. The Bertz CT molecular complexity index is 1170.